The van der Waals surface area contributed by atoms with Crippen LogP contribution in [0.25, 0.3) is 0 Å². The fourth-order valence-electron chi connectivity index (χ4n) is 0.970. The summed E-state index contributed by atoms with van der Waals surface area (Å²) in [5.74, 6) is -0.243. The molecule has 14 heavy (non-hydrogen) atoms. The molecule has 0 aromatic carbocycles. The maximum absolute atomic E-state index is 10.9. The second-order valence-corrected chi connectivity index (χ2v) is 5.32. The van der Waals surface area contributed by atoms with Crippen molar-refractivity contribution in [1.29, 1.82) is 0 Å². The molecule has 0 radical (unpaired) electrons. The third kappa shape index (κ3) is 3.40. The maximum atomic E-state index is 10.9. The zero-order valence-electron chi connectivity index (χ0n) is 8.04. The minimum atomic E-state index is -0.243. The molecule has 0 aliphatic carbocycles. The molecule has 1 rings (SSSR count). The number of thiophene rings is 1. The van der Waals surface area contributed by atoms with Gasteiger partial charge in [0.1, 0.15) is 0 Å². The molecule has 3 nitrogen and oxygen atoms in total. The van der Waals surface area contributed by atoms with Gasteiger partial charge in [-0.05, 0) is 35.0 Å². The summed E-state index contributed by atoms with van der Waals surface area (Å²) in [6.45, 7) is 2.26. The van der Waals surface area contributed by atoms with E-state index in [0.717, 1.165) is 3.79 Å². The van der Waals surface area contributed by atoms with Gasteiger partial charge in [-0.15, -0.1) is 11.3 Å². The van der Waals surface area contributed by atoms with Crippen LogP contribution in [0.2, 0.25) is 0 Å². The standard InChI is InChI=1S/C9H12BrNO2S/c1-6(11-5-9(12)13-2)7-3-4-8(10)14-7/h3-4,6,11H,5H2,1-2H3. The van der Waals surface area contributed by atoms with E-state index in [1.807, 2.05) is 19.1 Å². The van der Waals surface area contributed by atoms with Crippen LogP contribution in [0, 0.1) is 0 Å². The lowest BCUT2D eigenvalue weighted by molar-refractivity contribution is -0.139. The van der Waals surface area contributed by atoms with E-state index in [9.17, 15) is 4.79 Å². The molecule has 5 heteroatoms. The van der Waals surface area contributed by atoms with Gasteiger partial charge in [0.2, 0.25) is 0 Å². The molecule has 0 bridgehead atoms. The number of carbonyl (C=O) groups is 1. The largest absolute Gasteiger partial charge is 0.468 e. The number of esters is 1. The van der Waals surface area contributed by atoms with Gasteiger partial charge >= 0.3 is 5.97 Å². The summed E-state index contributed by atoms with van der Waals surface area (Å²) in [4.78, 5) is 12.1. The summed E-state index contributed by atoms with van der Waals surface area (Å²) < 4.78 is 5.63. The Morgan fingerprint density at radius 3 is 2.93 bits per heavy atom. The molecule has 1 aromatic rings. The Morgan fingerprint density at radius 1 is 1.71 bits per heavy atom. The highest BCUT2D eigenvalue weighted by Crippen LogP contribution is 2.26. The van der Waals surface area contributed by atoms with Crippen molar-refractivity contribution < 1.29 is 9.53 Å². The molecule has 1 heterocycles. The first-order valence-corrected chi connectivity index (χ1v) is 5.80. The molecule has 1 atom stereocenters. The summed E-state index contributed by atoms with van der Waals surface area (Å²) in [5, 5.41) is 3.08. The minimum Gasteiger partial charge on any atom is -0.468 e. The van der Waals surface area contributed by atoms with Gasteiger partial charge in [0.05, 0.1) is 17.4 Å². The molecule has 0 fully saturated rings. The zero-order chi connectivity index (χ0) is 10.6. The lowest BCUT2D eigenvalue weighted by Crippen LogP contribution is -2.26. The molecule has 78 valence electrons. The summed E-state index contributed by atoms with van der Waals surface area (Å²) in [5.41, 5.74) is 0. The summed E-state index contributed by atoms with van der Waals surface area (Å²) in [7, 11) is 1.39. The van der Waals surface area contributed by atoms with Crippen LogP contribution in [0.3, 0.4) is 0 Å². The van der Waals surface area contributed by atoms with Gasteiger partial charge in [-0.3, -0.25) is 10.1 Å². The van der Waals surface area contributed by atoms with E-state index < -0.39 is 0 Å². The van der Waals surface area contributed by atoms with Crippen molar-refractivity contribution in [3.63, 3.8) is 0 Å². The van der Waals surface area contributed by atoms with Gasteiger partial charge in [0, 0.05) is 10.9 Å². The van der Waals surface area contributed by atoms with E-state index in [1.165, 1.54) is 12.0 Å². The van der Waals surface area contributed by atoms with Crippen LogP contribution in [0.15, 0.2) is 15.9 Å². The number of halogens is 1. The molecular weight excluding hydrogens is 266 g/mol. The van der Waals surface area contributed by atoms with Gasteiger partial charge in [0.25, 0.3) is 0 Å². The highest BCUT2D eigenvalue weighted by Gasteiger charge is 2.09. The average Bonchev–Trinajstić information content (AvgIpc) is 2.60. The molecule has 1 unspecified atom stereocenters. The molecule has 1 N–H and O–H groups in total. The molecule has 0 aliphatic heterocycles. The minimum absolute atomic E-state index is 0.172. The smallest absolute Gasteiger partial charge is 0.319 e. The third-order valence-electron chi connectivity index (χ3n) is 1.80. The van der Waals surface area contributed by atoms with Crippen molar-refractivity contribution >= 4 is 33.2 Å². The first kappa shape index (κ1) is 11.7. The van der Waals surface area contributed by atoms with Crippen molar-refractivity contribution in [2.24, 2.45) is 0 Å². The van der Waals surface area contributed by atoms with E-state index in [2.05, 4.69) is 26.0 Å². The number of rotatable bonds is 4. The van der Waals surface area contributed by atoms with Crippen molar-refractivity contribution in [3.8, 4) is 0 Å². The Labute approximate surface area is 95.6 Å². The van der Waals surface area contributed by atoms with Crippen LogP contribution in [0.1, 0.15) is 17.8 Å². The highest BCUT2D eigenvalue weighted by molar-refractivity contribution is 9.11. The first-order chi connectivity index (χ1) is 6.63. The molecule has 0 aliphatic rings. The lowest BCUT2D eigenvalue weighted by Gasteiger charge is -2.10. The number of carbonyl (C=O) groups excluding carboxylic acids is 1. The summed E-state index contributed by atoms with van der Waals surface area (Å²) >= 11 is 5.05. The number of nitrogens with one attached hydrogen (secondary N) is 1. The van der Waals surface area contributed by atoms with Crippen LogP contribution in [-0.2, 0) is 9.53 Å². The molecule has 1 aromatic heterocycles. The van der Waals surface area contributed by atoms with Crippen LogP contribution in [0.5, 0.6) is 0 Å². The number of hydrogen-bond donors (Lipinski definition) is 1. The summed E-state index contributed by atoms with van der Waals surface area (Å²) in [6.07, 6.45) is 0. The number of methoxy groups -OCH3 is 1. The number of ether oxygens (including phenoxy) is 1. The first-order valence-electron chi connectivity index (χ1n) is 4.19. The van der Waals surface area contributed by atoms with Crippen molar-refractivity contribution in [1.82, 2.24) is 5.32 Å². The quantitative estimate of drug-likeness (QED) is 0.859. The van der Waals surface area contributed by atoms with E-state index >= 15 is 0 Å². The van der Waals surface area contributed by atoms with Crippen molar-refractivity contribution in [3.05, 3.63) is 20.8 Å². The Kier molecular flexibility index (Phi) is 4.57. The van der Waals surface area contributed by atoms with Gasteiger partial charge in [0.15, 0.2) is 0 Å². The van der Waals surface area contributed by atoms with E-state index in [4.69, 9.17) is 0 Å². The van der Waals surface area contributed by atoms with Crippen molar-refractivity contribution in [2.45, 2.75) is 13.0 Å². The Hall–Kier alpha value is -0.390. The average molecular weight is 278 g/mol. The van der Waals surface area contributed by atoms with Crippen molar-refractivity contribution in [2.75, 3.05) is 13.7 Å². The highest BCUT2D eigenvalue weighted by atomic mass is 79.9. The van der Waals surface area contributed by atoms with Crippen LogP contribution in [0.4, 0.5) is 0 Å². The monoisotopic (exact) mass is 277 g/mol. The molecule has 0 spiro atoms. The lowest BCUT2D eigenvalue weighted by atomic mass is 10.3. The Bertz CT molecular complexity index is 314. The van der Waals surface area contributed by atoms with Gasteiger partial charge in [-0.2, -0.15) is 0 Å². The fraction of sp³-hybridized carbons (Fsp3) is 0.444. The maximum Gasteiger partial charge on any atom is 0.319 e. The Balaban J connectivity index is 2.42. The predicted octanol–water partition coefficient (Wildman–Crippen LogP) is 2.33. The van der Waals surface area contributed by atoms with Gasteiger partial charge < -0.3 is 4.74 Å². The van der Waals surface area contributed by atoms with E-state index in [-0.39, 0.29) is 18.6 Å². The summed E-state index contributed by atoms with van der Waals surface area (Å²) in [6, 6.07) is 4.20. The second-order valence-electron chi connectivity index (χ2n) is 2.82. The second kappa shape index (κ2) is 5.48. The molecule has 0 amide bonds. The Morgan fingerprint density at radius 2 is 2.43 bits per heavy atom. The van der Waals surface area contributed by atoms with Gasteiger partial charge in [-0.25, -0.2) is 0 Å². The fourth-order valence-corrected chi connectivity index (χ4v) is 2.42. The van der Waals surface area contributed by atoms with Crippen LogP contribution >= 0.6 is 27.3 Å². The topological polar surface area (TPSA) is 38.3 Å². The van der Waals surface area contributed by atoms with Gasteiger partial charge in [-0.1, -0.05) is 0 Å². The molecular formula is C9H12BrNO2S. The van der Waals surface area contributed by atoms with Crippen LogP contribution < -0.4 is 5.32 Å². The number of hydrogen-bond acceptors (Lipinski definition) is 4. The van der Waals surface area contributed by atoms with E-state index in [0.29, 0.717) is 0 Å². The normalized spacial score (nSPS) is 12.5. The molecule has 0 saturated carbocycles. The predicted molar refractivity (Wildman–Crippen MR) is 60.5 cm³/mol. The zero-order valence-corrected chi connectivity index (χ0v) is 10.4. The SMILES string of the molecule is COC(=O)CNC(C)c1ccc(Br)s1. The molecule has 0 saturated heterocycles. The van der Waals surface area contributed by atoms with E-state index in [1.54, 1.807) is 11.3 Å². The van der Waals surface area contributed by atoms with Crippen LogP contribution in [-0.4, -0.2) is 19.6 Å². The third-order valence-corrected chi connectivity index (χ3v) is 3.61.